The Morgan fingerprint density at radius 2 is 1.52 bits per heavy atom. The number of aliphatic carboxylic acids is 2. The van der Waals surface area contributed by atoms with E-state index in [4.69, 9.17) is 21.3 Å². The highest BCUT2D eigenvalue weighted by molar-refractivity contribution is 8.76. The number of unbranched alkanes of at least 4 members (excludes halogenated alkanes) is 1. The number of alkyl carbamates (subject to hydrolysis) is 1. The summed E-state index contributed by atoms with van der Waals surface area (Å²) in [4.78, 5) is 89.8. The number of carbonyl (C=O) groups excluding carboxylic acids is 4. The van der Waals surface area contributed by atoms with Gasteiger partial charge < -0.3 is 78.5 Å². The van der Waals surface area contributed by atoms with Gasteiger partial charge in [-0.1, -0.05) is 28.5 Å². The third kappa shape index (κ3) is 18.7. The maximum atomic E-state index is 12.8. The molecular formula is C38H55N11O14S2. The lowest BCUT2D eigenvalue weighted by Gasteiger charge is -2.25. The molecule has 0 aliphatic carbocycles. The summed E-state index contributed by atoms with van der Waals surface area (Å²) >= 11 is 0. The number of aliphatic hydroxyl groups is 5. The number of rotatable bonds is 29. The molecule has 0 saturated heterocycles. The molecule has 65 heavy (non-hydrogen) atoms. The molecule has 0 saturated carbocycles. The van der Waals surface area contributed by atoms with Crippen LogP contribution in [0.4, 0.5) is 22.2 Å². The van der Waals surface area contributed by atoms with Crippen molar-refractivity contribution in [2.45, 2.75) is 82.1 Å². The van der Waals surface area contributed by atoms with Gasteiger partial charge in [0.05, 0.1) is 31.1 Å². The predicted molar refractivity (Wildman–Crippen MR) is 237 cm³/mol. The molecule has 27 heteroatoms. The lowest BCUT2D eigenvalue weighted by atomic mass is 10.0. The van der Waals surface area contributed by atoms with Crippen molar-refractivity contribution in [3.63, 3.8) is 0 Å². The van der Waals surface area contributed by atoms with E-state index in [1.807, 2.05) is 0 Å². The Balaban J connectivity index is 1.25. The first-order chi connectivity index (χ1) is 30.9. The summed E-state index contributed by atoms with van der Waals surface area (Å²) < 4.78 is 5.11. The first-order valence-corrected chi connectivity index (χ1v) is 22.6. The van der Waals surface area contributed by atoms with E-state index in [-0.39, 0.29) is 67.7 Å². The van der Waals surface area contributed by atoms with Gasteiger partial charge in [-0.2, -0.15) is 9.97 Å². The number of carboxylic acids is 2. The van der Waals surface area contributed by atoms with Crippen LogP contribution in [0, 0.1) is 5.92 Å². The fraction of sp³-hybridized carbons (Fsp3) is 0.526. The predicted octanol–water partition coefficient (Wildman–Crippen LogP) is -1.80. The number of carbonyl (C=O) groups is 6. The van der Waals surface area contributed by atoms with E-state index in [1.54, 1.807) is 12.1 Å². The molecule has 2 heterocycles. The molecule has 3 rings (SSSR count). The first-order valence-electron chi connectivity index (χ1n) is 20.1. The Morgan fingerprint density at radius 1 is 0.831 bits per heavy atom. The summed E-state index contributed by atoms with van der Waals surface area (Å²) in [6, 6.07) is 3.93. The number of nitrogens with one attached hydrogen (secondary N) is 5. The molecule has 2 aromatic heterocycles. The zero-order valence-corrected chi connectivity index (χ0v) is 36.8. The summed E-state index contributed by atoms with van der Waals surface area (Å²) in [6.07, 6.45) is -5.58. The van der Waals surface area contributed by atoms with Gasteiger partial charge >= 0.3 is 18.0 Å². The fourth-order valence-electron chi connectivity index (χ4n) is 5.52. The number of aliphatic hydroxyl groups excluding tert-OH is 5. The highest BCUT2D eigenvalue weighted by Crippen LogP contribution is 2.22. The number of carboxylic acid groups (broad SMARTS) is 2. The summed E-state index contributed by atoms with van der Waals surface area (Å²) in [6.45, 7) is 0.576. The molecule has 25 nitrogen and oxygen atoms in total. The summed E-state index contributed by atoms with van der Waals surface area (Å²) in [7, 11) is 2.33. The van der Waals surface area contributed by atoms with Crippen LogP contribution in [0.25, 0.3) is 11.2 Å². The van der Waals surface area contributed by atoms with Gasteiger partial charge in [-0.3, -0.25) is 14.4 Å². The molecule has 7 atom stereocenters. The van der Waals surface area contributed by atoms with Crippen molar-refractivity contribution in [2.75, 3.05) is 54.6 Å². The number of nitrogens with two attached hydrogens (primary N) is 2. The monoisotopic (exact) mass is 953 g/mol. The molecule has 0 fully saturated rings. The van der Waals surface area contributed by atoms with Gasteiger partial charge in [-0.25, -0.2) is 24.4 Å². The smallest absolute Gasteiger partial charge is 0.407 e. The van der Waals surface area contributed by atoms with E-state index in [2.05, 4.69) is 46.5 Å². The van der Waals surface area contributed by atoms with Gasteiger partial charge in [0.25, 0.3) is 5.91 Å². The van der Waals surface area contributed by atoms with Crippen LogP contribution in [-0.4, -0.2) is 166 Å². The van der Waals surface area contributed by atoms with Crippen LogP contribution in [0.3, 0.4) is 0 Å². The number of nitrogens with zero attached hydrogens (tertiary/aromatic N) is 4. The Bertz CT molecular complexity index is 2060. The maximum Gasteiger partial charge on any atom is 0.407 e. The summed E-state index contributed by atoms with van der Waals surface area (Å²) in [5.41, 5.74) is 13.5. The van der Waals surface area contributed by atoms with Crippen LogP contribution in [-0.2, 0) is 30.5 Å². The Morgan fingerprint density at radius 3 is 2.20 bits per heavy atom. The average Bonchev–Trinajstić information content (AvgIpc) is 3.28. The second-order valence-electron chi connectivity index (χ2n) is 14.4. The van der Waals surface area contributed by atoms with E-state index in [1.165, 1.54) is 36.0 Å². The SMILES string of the molecule is C[C@@H](CCC(=O)NC[C@H](O)[C@@H](O)[C@H](O)[C@H](O)CO)C(=O)N[C@@H](CSSCCOC(=O)NCCCC[C@H](NC(=O)c1ccc(NCc2cnc3nc(N)nc(N)c3n2)cc1)C(=O)O)C(=O)O. The highest BCUT2D eigenvalue weighted by Gasteiger charge is 2.30. The van der Waals surface area contributed by atoms with E-state index in [9.17, 15) is 59.4 Å². The van der Waals surface area contributed by atoms with Crippen LogP contribution in [0.5, 0.6) is 0 Å². The number of amides is 4. The van der Waals surface area contributed by atoms with Crippen LogP contribution < -0.4 is 38.1 Å². The number of hydrogen-bond donors (Lipinski definition) is 14. The van der Waals surface area contributed by atoms with Gasteiger partial charge in [0.15, 0.2) is 17.0 Å². The van der Waals surface area contributed by atoms with Gasteiger partial charge in [0.2, 0.25) is 17.8 Å². The lowest BCUT2D eigenvalue weighted by Crippen LogP contribution is -2.49. The number of benzene rings is 1. The Hall–Kier alpha value is -5.84. The fourth-order valence-corrected chi connectivity index (χ4v) is 7.50. The molecule has 0 aliphatic heterocycles. The van der Waals surface area contributed by atoms with E-state index in [0.717, 1.165) is 10.8 Å². The Labute approximate surface area is 379 Å². The summed E-state index contributed by atoms with van der Waals surface area (Å²) in [5, 5.41) is 79.8. The number of fused-ring (bicyclic) bond motifs is 1. The van der Waals surface area contributed by atoms with Crippen molar-refractivity contribution in [1.29, 1.82) is 0 Å². The molecular weight excluding hydrogens is 899 g/mol. The zero-order valence-electron chi connectivity index (χ0n) is 35.2. The van der Waals surface area contributed by atoms with Gasteiger partial charge in [-0.05, 0) is 49.9 Å². The minimum absolute atomic E-state index is 0.0128. The third-order valence-corrected chi connectivity index (χ3v) is 11.7. The molecule has 0 radical (unpaired) electrons. The normalized spacial score (nSPS) is 14.4. The minimum atomic E-state index is -1.85. The molecule has 0 aliphatic rings. The largest absolute Gasteiger partial charge is 0.480 e. The van der Waals surface area contributed by atoms with Crippen LogP contribution in [0.1, 0.15) is 55.1 Å². The van der Waals surface area contributed by atoms with Crippen molar-refractivity contribution in [1.82, 2.24) is 41.2 Å². The van der Waals surface area contributed by atoms with E-state index < -0.39 is 91.3 Å². The molecule has 0 unspecified atom stereocenters. The quantitative estimate of drug-likeness (QED) is 0.0269. The second-order valence-corrected chi connectivity index (χ2v) is 17.0. The number of nitrogen functional groups attached to an aromatic ring is 2. The summed E-state index contributed by atoms with van der Waals surface area (Å²) in [5.74, 6) is -4.72. The van der Waals surface area contributed by atoms with Crippen molar-refractivity contribution in [2.24, 2.45) is 5.92 Å². The maximum absolute atomic E-state index is 12.8. The van der Waals surface area contributed by atoms with Crippen LogP contribution in [0.15, 0.2) is 30.5 Å². The van der Waals surface area contributed by atoms with Crippen LogP contribution in [0.2, 0.25) is 0 Å². The molecule has 3 aromatic rings. The first kappa shape index (κ1) is 53.5. The lowest BCUT2D eigenvalue weighted by molar-refractivity contribution is -0.141. The van der Waals surface area contributed by atoms with E-state index in [0.29, 0.717) is 35.5 Å². The molecule has 16 N–H and O–H groups in total. The molecule has 4 amide bonds. The standard InChI is InChI=1S/C38H55N11O14S2/c1-19(5-10-27(53)43-16-25(51)29(54)30(55)26(52)17-50)33(56)47-24(36(60)61)18-65-64-13-12-63-38(62)41-11-3-2-4-23(35(58)59)46-34(57)20-6-8-21(9-7-20)42-14-22-15-44-32-28(45-22)31(39)48-37(40)49-32/h6-9,15,19,23-26,29-30,42,50-52,54-55H,2-5,10-14,16-18H2,1H3,(H,41,62)(H,43,53)(H,46,57)(H,47,56)(H,58,59)(H,60,61)(H4,39,40,44,48,49)/t19-,23-,24-,25-,26+,29+,30+/m0/s1. The number of anilines is 3. The van der Waals surface area contributed by atoms with Gasteiger partial charge in [-0.15, -0.1) is 0 Å². The van der Waals surface area contributed by atoms with Gasteiger partial charge in [0, 0.05) is 48.2 Å². The van der Waals surface area contributed by atoms with Crippen molar-refractivity contribution in [3.8, 4) is 0 Å². The van der Waals surface area contributed by atoms with Crippen molar-refractivity contribution in [3.05, 3.63) is 41.7 Å². The topological polar surface area (TPSA) is 417 Å². The van der Waals surface area contributed by atoms with Gasteiger partial charge in [0.1, 0.15) is 37.0 Å². The zero-order chi connectivity index (χ0) is 48.1. The molecule has 0 spiro atoms. The highest BCUT2D eigenvalue weighted by atomic mass is 33.1. The molecule has 358 valence electrons. The number of ether oxygens (including phenoxy) is 1. The average molecular weight is 954 g/mol. The van der Waals surface area contributed by atoms with E-state index >= 15 is 0 Å². The third-order valence-electron chi connectivity index (χ3n) is 9.33. The van der Waals surface area contributed by atoms with Crippen molar-refractivity contribution < 1.29 is 69.2 Å². The minimum Gasteiger partial charge on any atom is -0.480 e. The number of aromatic nitrogens is 4. The van der Waals surface area contributed by atoms with Crippen LogP contribution >= 0.6 is 21.6 Å². The molecule has 0 bridgehead atoms. The second kappa shape index (κ2) is 27.5. The number of hydrogen-bond acceptors (Lipinski definition) is 21. The molecule has 1 aromatic carbocycles. The van der Waals surface area contributed by atoms with Crippen molar-refractivity contribution >= 4 is 86.0 Å². The Kier molecular flexibility index (Phi) is 22.6.